The molecule has 0 bridgehead atoms. The maximum Gasteiger partial charge on any atom is 0.0507 e. The van der Waals surface area contributed by atoms with E-state index in [1.54, 1.807) is 0 Å². The number of nitrogens with one attached hydrogen (secondary N) is 1. The molecule has 0 spiro atoms. The lowest BCUT2D eigenvalue weighted by Crippen LogP contribution is -2.35. The molecule has 0 amide bonds. The van der Waals surface area contributed by atoms with Crippen molar-refractivity contribution in [3.8, 4) is 0 Å². The third kappa shape index (κ3) is 6.43. The topological polar surface area (TPSA) is 27.7 Å². The van der Waals surface area contributed by atoms with E-state index < -0.39 is 0 Å². The lowest BCUT2D eigenvalue weighted by molar-refractivity contribution is 0.185. The van der Waals surface area contributed by atoms with Gasteiger partial charge in [-0.15, -0.1) is 0 Å². The number of nitrogens with zero attached hydrogens (tertiary/aromatic N) is 2. The molecule has 1 unspecified atom stereocenters. The van der Waals surface area contributed by atoms with Gasteiger partial charge < -0.3 is 19.9 Å². The first-order valence-corrected chi connectivity index (χ1v) is 6.30. The summed E-state index contributed by atoms with van der Waals surface area (Å²) in [6, 6.07) is 0. The Morgan fingerprint density at radius 3 is 2.62 bits per heavy atom. The Balaban J connectivity index is 1.89. The van der Waals surface area contributed by atoms with Gasteiger partial charge in [0.1, 0.15) is 0 Å². The minimum atomic E-state index is 0.743. The predicted molar refractivity (Wildman–Crippen MR) is 67.8 cm³/mol. The van der Waals surface area contributed by atoms with E-state index in [2.05, 4.69) is 36.3 Å². The van der Waals surface area contributed by atoms with Crippen LogP contribution in [0.1, 0.15) is 6.42 Å². The van der Waals surface area contributed by atoms with E-state index in [9.17, 15) is 0 Å². The van der Waals surface area contributed by atoms with Gasteiger partial charge in [-0.05, 0) is 33.5 Å². The molecule has 1 aliphatic heterocycles. The van der Waals surface area contributed by atoms with Crippen LogP contribution in [0.4, 0.5) is 0 Å². The normalized spacial score (nSPS) is 21.2. The smallest absolute Gasteiger partial charge is 0.0507 e. The van der Waals surface area contributed by atoms with Gasteiger partial charge in [0.2, 0.25) is 0 Å². The molecule has 0 saturated carbocycles. The van der Waals surface area contributed by atoms with Crippen LogP contribution in [0.5, 0.6) is 0 Å². The maximum atomic E-state index is 5.34. The highest BCUT2D eigenvalue weighted by Crippen LogP contribution is 2.10. The average molecular weight is 229 g/mol. The van der Waals surface area contributed by atoms with Gasteiger partial charge in [0.15, 0.2) is 0 Å². The molecular formula is C12H27N3O. The summed E-state index contributed by atoms with van der Waals surface area (Å²) in [5, 5.41) is 3.51. The molecule has 0 radical (unpaired) electrons. The molecule has 1 heterocycles. The summed E-state index contributed by atoms with van der Waals surface area (Å²) in [4.78, 5) is 4.60. The van der Waals surface area contributed by atoms with E-state index in [0.717, 1.165) is 51.9 Å². The van der Waals surface area contributed by atoms with Crippen molar-refractivity contribution in [3.05, 3.63) is 0 Å². The van der Waals surface area contributed by atoms with Gasteiger partial charge in [-0.1, -0.05) is 0 Å². The molecule has 0 aliphatic carbocycles. The monoisotopic (exact) mass is 229 g/mol. The van der Waals surface area contributed by atoms with Crippen molar-refractivity contribution in [2.45, 2.75) is 6.42 Å². The Morgan fingerprint density at radius 2 is 2.00 bits per heavy atom. The molecule has 4 nitrogen and oxygen atoms in total. The summed E-state index contributed by atoms with van der Waals surface area (Å²) in [5.41, 5.74) is 0. The predicted octanol–water partition coefficient (Wildman–Crippen LogP) is 0.106. The molecule has 4 heteroatoms. The molecule has 1 atom stereocenters. The second kappa shape index (κ2) is 8.01. The molecule has 0 aromatic rings. The molecule has 96 valence electrons. The largest absolute Gasteiger partial charge is 0.381 e. The SMILES string of the molecule is CN(C)CCN(C)CCNCC1CCOC1. The summed E-state index contributed by atoms with van der Waals surface area (Å²) < 4.78 is 5.34. The highest BCUT2D eigenvalue weighted by atomic mass is 16.5. The second-order valence-electron chi connectivity index (χ2n) is 5.04. The average Bonchev–Trinajstić information content (AvgIpc) is 2.74. The van der Waals surface area contributed by atoms with E-state index in [0.29, 0.717) is 0 Å². The van der Waals surface area contributed by atoms with Gasteiger partial charge in [0.05, 0.1) is 6.61 Å². The molecule has 1 N–H and O–H groups in total. The quantitative estimate of drug-likeness (QED) is 0.598. The third-order valence-electron chi connectivity index (χ3n) is 3.06. The van der Waals surface area contributed by atoms with Crippen LogP contribution in [0.15, 0.2) is 0 Å². The van der Waals surface area contributed by atoms with Crippen LogP contribution >= 0.6 is 0 Å². The van der Waals surface area contributed by atoms with Gasteiger partial charge in [0, 0.05) is 39.3 Å². The Hall–Kier alpha value is -0.160. The van der Waals surface area contributed by atoms with Gasteiger partial charge in [-0.3, -0.25) is 0 Å². The van der Waals surface area contributed by atoms with Crippen LogP contribution in [-0.4, -0.2) is 76.9 Å². The molecule has 0 aromatic heterocycles. The third-order valence-corrected chi connectivity index (χ3v) is 3.06. The molecule has 1 aliphatic rings. The molecule has 1 rings (SSSR count). The molecule has 16 heavy (non-hydrogen) atoms. The lowest BCUT2D eigenvalue weighted by Gasteiger charge is -2.19. The standard InChI is InChI=1S/C12H27N3O/c1-14(2)7-8-15(3)6-5-13-10-12-4-9-16-11-12/h12-13H,4-11H2,1-3H3. The fourth-order valence-corrected chi connectivity index (χ4v) is 1.80. The summed E-state index contributed by atoms with van der Waals surface area (Å²) in [6.45, 7) is 7.50. The number of rotatable bonds is 8. The fourth-order valence-electron chi connectivity index (χ4n) is 1.80. The van der Waals surface area contributed by atoms with Crippen LogP contribution in [0.25, 0.3) is 0 Å². The Bertz CT molecular complexity index is 170. The summed E-state index contributed by atoms with van der Waals surface area (Å²) in [6.07, 6.45) is 1.23. The number of likely N-dealkylation sites (N-methyl/N-ethyl adjacent to an activating group) is 2. The fraction of sp³-hybridized carbons (Fsp3) is 1.00. The first-order valence-electron chi connectivity index (χ1n) is 6.30. The highest BCUT2D eigenvalue weighted by molar-refractivity contribution is 4.67. The Kier molecular flexibility index (Phi) is 6.96. The van der Waals surface area contributed by atoms with Crippen LogP contribution in [-0.2, 0) is 4.74 Å². The van der Waals surface area contributed by atoms with Gasteiger partial charge >= 0.3 is 0 Å². The van der Waals surface area contributed by atoms with Crippen LogP contribution in [0, 0.1) is 5.92 Å². The zero-order valence-electron chi connectivity index (χ0n) is 11.0. The van der Waals surface area contributed by atoms with Gasteiger partial charge in [-0.25, -0.2) is 0 Å². The summed E-state index contributed by atoms with van der Waals surface area (Å²) >= 11 is 0. The maximum absolute atomic E-state index is 5.34. The van der Waals surface area contributed by atoms with E-state index in [1.807, 2.05) is 0 Å². The van der Waals surface area contributed by atoms with E-state index in [4.69, 9.17) is 4.74 Å². The van der Waals surface area contributed by atoms with Crippen molar-refractivity contribution in [1.82, 2.24) is 15.1 Å². The minimum absolute atomic E-state index is 0.743. The van der Waals surface area contributed by atoms with Gasteiger partial charge in [0.25, 0.3) is 0 Å². The number of ether oxygens (including phenoxy) is 1. The zero-order valence-corrected chi connectivity index (χ0v) is 11.0. The Morgan fingerprint density at radius 1 is 1.19 bits per heavy atom. The first kappa shape index (κ1) is 13.9. The second-order valence-corrected chi connectivity index (χ2v) is 5.04. The van der Waals surface area contributed by atoms with Crippen molar-refractivity contribution < 1.29 is 4.74 Å². The Labute approximate surface area is 99.9 Å². The molecule has 1 fully saturated rings. The van der Waals surface area contributed by atoms with Crippen molar-refractivity contribution in [3.63, 3.8) is 0 Å². The van der Waals surface area contributed by atoms with Gasteiger partial charge in [-0.2, -0.15) is 0 Å². The summed E-state index contributed by atoms with van der Waals surface area (Å²) in [5.74, 6) is 0.743. The zero-order chi connectivity index (χ0) is 11.8. The number of hydrogen-bond acceptors (Lipinski definition) is 4. The molecule has 0 aromatic carbocycles. The molecular weight excluding hydrogens is 202 g/mol. The highest BCUT2D eigenvalue weighted by Gasteiger charge is 2.14. The van der Waals surface area contributed by atoms with Crippen LogP contribution in [0.2, 0.25) is 0 Å². The first-order chi connectivity index (χ1) is 7.68. The molecule has 1 saturated heterocycles. The van der Waals surface area contributed by atoms with E-state index in [-0.39, 0.29) is 0 Å². The van der Waals surface area contributed by atoms with Crippen LogP contribution < -0.4 is 5.32 Å². The van der Waals surface area contributed by atoms with Crippen molar-refractivity contribution in [2.24, 2.45) is 5.92 Å². The van der Waals surface area contributed by atoms with Crippen LogP contribution in [0.3, 0.4) is 0 Å². The summed E-state index contributed by atoms with van der Waals surface area (Å²) in [7, 11) is 6.42. The van der Waals surface area contributed by atoms with Crippen molar-refractivity contribution >= 4 is 0 Å². The van der Waals surface area contributed by atoms with Crippen molar-refractivity contribution in [1.29, 1.82) is 0 Å². The minimum Gasteiger partial charge on any atom is -0.381 e. The number of hydrogen-bond donors (Lipinski definition) is 1. The van der Waals surface area contributed by atoms with Crippen molar-refractivity contribution in [2.75, 3.05) is 67.1 Å². The lowest BCUT2D eigenvalue weighted by atomic mass is 10.1. The van der Waals surface area contributed by atoms with E-state index in [1.165, 1.54) is 6.42 Å². The van der Waals surface area contributed by atoms with E-state index >= 15 is 0 Å².